The number of nitrogens with two attached hydrogens (primary N) is 1. The first kappa shape index (κ1) is 7.88. The minimum Gasteiger partial charge on any atom is -0.330 e. The SMILES string of the molecule is CC(CCCN)OO. The van der Waals surface area contributed by atoms with Gasteiger partial charge in [-0.3, -0.25) is 5.26 Å². The van der Waals surface area contributed by atoms with Crippen molar-refractivity contribution in [1.82, 2.24) is 0 Å². The van der Waals surface area contributed by atoms with E-state index in [1.807, 2.05) is 0 Å². The van der Waals surface area contributed by atoms with E-state index < -0.39 is 0 Å². The molecule has 0 amide bonds. The Bertz CT molecular complexity index is 49.7. The smallest absolute Gasteiger partial charge is 0.0899 e. The molecule has 0 radical (unpaired) electrons. The van der Waals surface area contributed by atoms with Gasteiger partial charge in [0.05, 0.1) is 6.10 Å². The van der Waals surface area contributed by atoms with E-state index in [-0.39, 0.29) is 6.10 Å². The normalized spacial score (nSPS) is 13.9. The van der Waals surface area contributed by atoms with Gasteiger partial charge in [0.1, 0.15) is 0 Å². The summed E-state index contributed by atoms with van der Waals surface area (Å²) in [6.07, 6.45) is 1.66. The average Bonchev–Trinajstić information content (AvgIpc) is 1.83. The lowest BCUT2D eigenvalue weighted by molar-refractivity contribution is -0.275. The second kappa shape index (κ2) is 5.03. The van der Waals surface area contributed by atoms with E-state index in [1.54, 1.807) is 6.92 Å². The van der Waals surface area contributed by atoms with Gasteiger partial charge in [-0.1, -0.05) is 0 Å². The van der Waals surface area contributed by atoms with Crippen molar-refractivity contribution >= 4 is 0 Å². The van der Waals surface area contributed by atoms with E-state index in [0.29, 0.717) is 6.54 Å². The maximum Gasteiger partial charge on any atom is 0.0899 e. The van der Waals surface area contributed by atoms with Crippen molar-refractivity contribution in [1.29, 1.82) is 0 Å². The minimum atomic E-state index is -0.0708. The number of hydrogen-bond acceptors (Lipinski definition) is 3. The Kier molecular flexibility index (Phi) is 4.95. The van der Waals surface area contributed by atoms with Crippen LogP contribution in [0.2, 0.25) is 0 Å². The maximum atomic E-state index is 8.02. The van der Waals surface area contributed by atoms with Gasteiger partial charge in [-0.2, -0.15) is 0 Å². The summed E-state index contributed by atoms with van der Waals surface area (Å²) in [4.78, 5) is 4.00. The third-order valence-corrected chi connectivity index (χ3v) is 0.995. The Balaban J connectivity index is 2.86. The Labute approximate surface area is 49.4 Å². The van der Waals surface area contributed by atoms with Crippen molar-refractivity contribution in [3.8, 4) is 0 Å². The van der Waals surface area contributed by atoms with Crippen molar-refractivity contribution in [3.05, 3.63) is 0 Å². The summed E-state index contributed by atoms with van der Waals surface area (Å²) in [5, 5.41) is 8.02. The first-order chi connectivity index (χ1) is 3.81. The number of hydrogen-bond donors (Lipinski definition) is 2. The van der Waals surface area contributed by atoms with Crippen LogP contribution in [0, 0.1) is 0 Å². The van der Waals surface area contributed by atoms with Gasteiger partial charge < -0.3 is 5.73 Å². The lowest BCUT2D eigenvalue weighted by Gasteiger charge is -2.03. The van der Waals surface area contributed by atoms with Crippen LogP contribution in [0.25, 0.3) is 0 Å². The predicted molar refractivity (Wildman–Crippen MR) is 31.5 cm³/mol. The minimum absolute atomic E-state index is 0.0708. The third-order valence-electron chi connectivity index (χ3n) is 0.995. The first-order valence-corrected chi connectivity index (χ1v) is 2.81. The summed E-state index contributed by atoms with van der Waals surface area (Å²) >= 11 is 0. The lowest BCUT2D eigenvalue weighted by Crippen LogP contribution is -2.08. The van der Waals surface area contributed by atoms with E-state index in [0.717, 1.165) is 12.8 Å². The molecular formula is C5H13NO2. The molecule has 0 bridgehead atoms. The molecule has 0 aliphatic rings. The zero-order valence-electron chi connectivity index (χ0n) is 5.13. The molecule has 0 aromatic rings. The molecule has 0 aliphatic carbocycles. The topological polar surface area (TPSA) is 55.5 Å². The molecule has 0 aliphatic heterocycles. The monoisotopic (exact) mass is 119 g/mol. The fourth-order valence-corrected chi connectivity index (χ4v) is 0.458. The molecule has 8 heavy (non-hydrogen) atoms. The summed E-state index contributed by atoms with van der Waals surface area (Å²) in [7, 11) is 0. The molecule has 0 aromatic carbocycles. The molecule has 0 spiro atoms. The predicted octanol–water partition coefficient (Wildman–Crippen LogP) is 0.603. The van der Waals surface area contributed by atoms with Crippen molar-refractivity contribution in [2.45, 2.75) is 25.9 Å². The van der Waals surface area contributed by atoms with Crippen molar-refractivity contribution < 1.29 is 10.1 Å². The fourth-order valence-electron chi connectivity index (χ4n) is 0.458. The second-order valence-corrected chi connectivity index (χ2v) is 1.85. The van der Waals surface area contributed by atoms with Gasteiger partial charge in [0.2, 0.25) is 0 Å². The van der Waals surface area contributed by atoms with Crippen LogP contribution in [-0.2, 0) is 4.89 Å². The highest BCUT2D eigenvalue weighted by Gasteiger charge is 1.97. The van der Waals surface area contributed by atoms with Crippen LogP contribution in [0.1, 0.15) is 19.8 Å². The average molecular weight is 119 g/mol. The first-order valence-electron chi connectivity index (χ1n) is 2.81. The Morgan fingerprint density at radius 2 is 2.38 bits per heavy atom. The summed E-state index contributed by atoms with van der Waals surface area (Å²) in [5.41, 5.74) is 5.19. The molecule has 0 heterocycles. The Hall–Kier alpha value is -0.120. The van der Waals surface area contributed by atoms with Crippen molar-refractivity contribution in [2.24, 2.45) is 5.73 Å². The molecule has 0 saturated heterocycles. The largest absolute Gasteiger partial charge is 0.330 e. The van der Waals surface area contributed by atoms with Crippen molar-refractivity contribution in [2.75, 3.05) is 6.54 Å². The second-order valence-electron chi connectivity index (χ2n) is 1.85. The molecule has 1 unspecified atom stereocenters. The summed E-state index contributed by atoms with van der Waals surface area (Å²) in [6, 6.07) is 0. The van der Waals surface area contributed by atoms with Gasteiger partial charge in [0.25, 0.3) is 0 Å². The van der Waals surface area contributed by atoms with Gasteiger partial charge in [0.15, 0.2) is 0 Å². The maximum absolute atomic E-state index is 8.02. The molecule has 3 nitrogen and oxygen atoms in total. The van der Waals surface area contributed by atoms with Gasteiger partial charge in [-0.15, -0.1) is 0 Å². The molecule has 50 valence electrons. The molecule has 3 heteroatoms. The van der Waals surface area contributed by atoms with Crippen LogP contribution >= 0.6 is 0 Å². The van der Waals surface area contributed by atoms with Crippen molar-refractivity contribution in [3.63, 3.8) is 0 Å². The molecular weight excluding hydrogens is 106 g/mol. The van der Waals surface area contributed by atoms with Gasteiger partial charge in [-0.25, -0.2) is 4.89 Å². The fraction of sp³-hybridized carbons (Fsp3) is 1.00. The molecule has 3 N–H and O–H groups in total. The van der Waals surface area contributed by atoms with Crippen LogP contribution in [0.4, 0.5) is 0 Å². The van der Waals surface area contributed by atoms with Gasteiger partial charge in [0, 0.05) is 0 Å². The van der Waals surface area contributed by atoms with E-state index in [1.165, 1.54) is 0 Å². The molecule has 0 fully saturated rings. The molecule has 1 atom stereocenters. The van der Waals surface area contributed by atoms with Crippen LogP contribution in [0.3, 0.4) is 0 Å². The van der Waals surface area contributed by atoms with Crippen LogP contribution in [0.15, 0.2) is 0 Å². The van der Waals surface area contributed by atoms with E-state index >= 15 is 0 Å². The van der Waals surface area contributed by atoms with E-state index in [9.17, 15) is 0 Å². The van der Waals surface area contributed by atoms with Gasteiger partial charge in [-0.05, 0) is 26.3 Å². The third kappa shape index (κ3) is 4.05. The lowest BCUT2D eigenvalue weighted by atomic mass is 10.2. The highest BCUT2D eigenvalue weighted by molar-refractivity contribution is 4.47. The Morgan fingerprint density at radius 1 is 1.75 bits per heavy atom. The standard InChI is InChI=1S/C5H13NO2/c1-5(8-7)3-2-4-6/h5,7H,2-4,6H2,1H3. The zero-order valence-corrected chi connectivity index (χ0v) is 5.13. The van der Waals surface area contributed by atoms with Gasteiger partial charge >= 0.3 is 0 Å². The summed E-state index contributed by atoms with van der Waals surface area (Å²) < 4.78 is 0. The highest BCUT2D eigenvalue weighted by atomic mass is 17.1. The summed E-state index contributed by atoms with van der Waals surface area (Å²) in [6.45, 7) is 2.46. The van der Waals surface area contributed by atoms with Crippen LogP contribution < -0.4 is 5.73 Å². The number of rotatable bonds is 4. The zero-order chi connectivity index (χ0) is 6.41. The molecule has 0 rings (SSSR count). The van der Waals surface area contributed by atoms with E-state index in [4.69, 9.17) is 11.0 Å². The van der Waals surface area contributed by atoms with Crippen LogP contribution in [0.5, 0.6) is 0 Å². The quantitative estimate of drug-likeness (QED) is 0.421. The van der Waals surface area contributed by atoms with Crippen LogP contribution in [-0.4, -0.2) is 17.9 Å². The highest BCUT2D eigenvalue weighted by Crippen LogP contribution is 1.96. The molecule has 0 aromatic heterocycles. The summed E-state index contributed by atoms with van der Waals surface area (Å²) in [5.74, 6) is 0. The van der Waals surface area contributed by atoms with E-state index in [2.05, 4.69) is 4.89 Å². The molecule has 0 saturated carbocycles. The Morgan fingerprint density at radius 3 is 2.75 bits per heavy atom.